The molecule has 0 atom stereocenters. The number of aliphatic carboxylic acids is 2. The molecule has 0 fully saturated rings. The van der Waals surface area contributed by atoms with Gasteiger partial charge in [-0.25, -0.2) is 0 Å². The second kappa shape index (κ2) is 12.3. The summed E-state index contributed by atoms with van der Waals surface area (Å²) in [6.07, 6.45) is 0. The average Bonchev–Trinajstić information content (AvgIpc) is 1.89. The third-order valence-corrected chi connectivity index (χ3v) is 0.333. The van der Waals surface area contributed by atoms with Crippen molar-refractivity contribution >= 4 is 11.9 Å². The van der Waals surface area contributed by atoms with Gasteiger partial charge in [0.1, 0.15) is 0 Å². The van der Waals surface area contributed by atoms with Gasteiger partial charge in [0.05, 0.1) is 11.9 Å². The molecule has 4 N–H and O–H groups in total. The van der Waals surface area contributed by atoms with E-state index in [1.165, 1.54) is 0 Å². The average molecular weight is 256 g/mol. The van der Waals surface area contributed by atoms with Gasteiger partial charge >= 0.3 is 0 Å². The first-order valence-electron chi connectivity index (χ1n) is 2.38. The Labute approximate surface area is 79.1 Å². The van der Waals surface area contributed by atoms with Crippen LogP contribution < -0.4 is 21.7 Å². The van der Waals surface area contributed by atoms with Crippen molar-refractivity contribution in [1.29, 1.82) is 0 Å². The van der Waals surface area contributed by atoms with Crippen LogP contribution in [0.15, 0.2) is 0 Å². The van der Waals surface area contributed by atoms with Gasteiger partial charge in [-0.2, -0.15) is 0 Å². The van der Waals surface area contributed by atoms with Gasteiger partial charge in [0, 0.05) is 35.5 Å². The second-order valence-corrected chi connectivity index (χ2v) is 1.15. The molecular formula is C4H8AgN2O4-2. The molecule has 0 spiro atoms. The quantitative estimate of drug-likeness (QED) is 0.358. The molecule has 0 aromatic heterocycles. The number of carbonyl (C=O) groups is 2. The molecule has 0 unspecified atom stereocenters. The Balaban J connectivity index is -0.000000114. The second-order valence-electron chi connectivity index (χ2n) is 1.15. The van der Waals surface area contributed by atoms with Gasteiger partial charge in [-0.05, 0) is 0 Å². The maximum Gasteiger partial charge on any atom is 0.0870 e. The summed E-state index contributed by atoms with van der Waals surface area (Å²) in [5.74, 6) is -4.37. The standard InChI is InChI=1S/C2H8N2.C2H2O4.Ag/c3-1-2-4;3-1(4)2(5)6;/h1-4H2;(H,3,4)(H,5,6);/p-2. The van der Waals surface area contributed by atoms with Gasteiger partial charge in [-0.1, -0.05) is 0 Å². The van der Waals surface area contributed by atoms with Gasteiger partial charge < -0.3 is 31.3 Å². The van der Waals surface area contributed by atoms with E-state index in [1.54, 1.807) is 0 Å². The Morgan fingerprint density at radius 1 is 1.00 bits per heavy atom. The van der Waals surface area contributed by atoms with Crippen LogP contribution in [0.5, 0.6) is 0 Å². The van der Waals surface area contributed by atoms with Crippen LogP contribution in [-0.2, 0) is 32.0 Å². The van der Waals surface area contributed by atoms with E-state index in [2.05, 4.69) is 0 Å². The summed E-state index contributed by atoms with van der Waals surface area (Å²) in [6, 6.07) is 0. The minimum Gasteiger partial charge on any atom is -0.543 e. The van der Waals surface area contributed by atoms with Crippen LogP contribution in [-0.4, -0.2) is 25.0 Å². The fourth-order valence-electron chi connectivity index (χ4n) is 0. The Morgan fingerprint density at radius 3 is 1.18 bits per heavy atom. The number of carboxylic acid groups (broad SMARTS) is 2. The van der Waals surface area contributed by atoms with Gasteiger partial charge in [0.2, 0.25) is 0 Å². The molecule has 0 saturated heterocycles. The molecule has 7 heteroatoms. The number of rotatable bonds is 1. The van der Waals surface area contributed by atoms with Crippen LogP contribution in [0.3, 0.4) is 0 Å². The molecule has 0 rings (SSSR count). The molecule has 0 aliphatic carbocycles. The molecule has 0 aromatic carbocycles. The van der Waals surface area contributed by atoms with Crippen LogP contribution in [0.25, 0.3) is 0 Å². The zero-order chi connectivity index (χ0) is 8.57. The first-order valence-corrected chi connectivity index (χ1v) is 2.38. The van der Waals surface area contributed by atoms with E-state index in [1.807, 2.05) is 0 Å². The summed E-state index contributed by atoms with van der Waals surface area (Å²) in [4.78, 5) is 17.9. The van der Waals surface area contributed by atoms with E-state index in [9.17, 15) is 0 Å². The predicted molar refractivity (Wildman–Crippen MR) is 28.1 cm³/mol. The molecule has 0 aliphatic heterocycles. The zero-order valence-electron chi connectivity index (χ0n) is 5.50. The third kappa shape index (κ3) is 26.2. The van der Waals surface area contributed by atoms with E-state index in [-0.39, 0.29) is 22.4 Å². The Morgan fingerprint density at radius 2 is 1.18 bits per heavy atom. The van der Waals surface area contributed by atoms with E-state index in [4.69, 9.17) is 31.3 Å². The minimum absolute atomic E-state index is 0. The molecule has 0 aromatic rings. The molecule has 1 radical (unpaired) electrons. The molecule has 0 heterocycles. The Kier molecular flexibility index (Phi) is 18.9. The molecular weight excluding hydrogens is 248 g/mol. The number of hydrogen-bond acceptors (Lipinski definition) is 6. The van der Waals surface area contributed by atoms with E-state index in [0.29, 0.717) is 13.1 Å². The van der Waals surface area contributed by atoms with Gasteiger partial charge in [-0.3, -0.25) is 0 Å². The van der Waals surface area contributed by atoms with Gasteiger partial charge in [-0.15, -0.1) is 0 Å². The summed E-state index contributed by atoms with van der Waals surface area (Å²) in [5, 5.41) is 17.9. The Hall–Kier alpha value is -0.400. The van der Waals surface area contributed by atoms with Crippen LogP contribution in [0.1, 0.15) is 0 Å². The van der Waals surface area contributed by atoms with Crippen molar-refractivity contribution in [2.75, 3.05) is 13.1 Å². The van der Waals surface area contributed by atoms with Crippen molar-refractivity contribution in [3.8, 4) is 0 Å². The maximum absolute atomic E-state index is 8.93. The number of carboxylic acids is 2. The fourth-order valence-corrected chi connectivity index (χ4v) is 0. The van der Waals surface area contributed by atoms with Crippen molar-refractivity contribution in [3.05, 3.63) is 0 Å². The van der Waals surface area contributed by atoms with E-state index in [0.717, 1.165) is 0 Å². The number of hydrogen-bond donors (Lipinski definition) is 2. The Bertz CT molecular complexity index is 105. The molecule has 71 valence electrons. The molecule has 11 heavy (non-hydrogen) atoms. The summed E-state index contributed by atoms with van der Waals surface area (Å²) >= 11 is 0. The topological polar surface area (TPSA) is 132 Å². The van der Waals surface area contributed by atoms with Crippen molar-refractivity contribution < 1.29 is 42.2 Å². The number of carbonyl (C=O) groups excluding carboxylic acids is 2. The molecule has 0 saturated carbocycles. The molecule has 0 aliphatic rings. The fraction of sp³-hybridized carbons (Fsp3) is 0.500. The van der Waals surface area contributed by atoms with Crippen molar-refractivity contribution in [3.63, 3.8) is 0 Å². The number of nitrogens with two attached hydrogens (primary N) is 2. The maximum atomic E-state index is 8.93. The molecule has 6 nitrogen and oxygen atoms in total. The summed E-state index contributed by atoms with van der Waals surface area (Å²) < 4.78 is 0. The summed E-state index contributed by atoms with van der Waals surface area (Å²) in [6.45, 7) is 1.19. The molecule has 0 bridgehead atoms. The largest absolute Gasteiger partial charge is 0.543 e. The summed E-state index contributed by atoms with van der Waals surface area (Å²) in [7, 11) is 0. The first kappa shape index (κ1) is 16.9. The van der Waals surface area contributed by atoms with Gasteiger partial charge in [0.15, 0.2) is 0 Å². The third-order valence-electron chi connectivity index (χ3n) is 0.333. The van der Waals surface area contributed by atoms with Crippen LogP contribution in [0.2, 0.25) is 0 Å². The van der Waals surface area contributed by atoms with Crippen molar-refractivity contribution in [2.45, 2.75) is 0 Å². The van der Waals surface area contributed by atoms with Gasteiger partial charge in [0.25, 0.3) is 0 Å². The van der Waals surface area contributed by atoms with Crippen molar-refractivity contribution in [2.24, 2.45) is 11.5 Å². The normalized spacial score (nSPS) is 6.73. The smallest absolute Gasteiger partial charge is 0.0870 e. The SMILES string of the molecule is NCCN.O=C([O-])C(=O)[O-].[Ag]. The van der Waals surface area contributed by atoms with E-state index < -0.39 is 11.9 Å². The van der Waals surface area contributed by atoms with Crippen LogP contribution >= 0.6 is 0 Å². The van der Waals surface area contributed by atoms with Crippen LogP contribution in [0.4, 0.5) is 0 Å². The predicted octanol–water partition coefficient (Wildman–Crippen LogP) is -4.61. The molecule has 0 amide bonds. The zero-order valence-corrected chi connectivity index (χ0v) is 6.99. The van der Waals surface area contributed by atoms with Crippen LogP contribution in [0, 0.1) is 0 Å². The minimum atomic E-state index is -2.19. The van der Waals surface area contributed by atoms with Crippen molar-refractivity contribution in [1.82, 2.24) is 0 Å². The first-order chi connectivity index (χ1) is 4.56. The van der Waals surface area contributed by atoms with E-state index >= 15 is 0 Å². The summed E-state index contributed by atoms with van der Waals surface area (Å²) in [5.41, 5.74) is 9.81. The monoisotopic (exact) mass is 255 g/mol.